The monoisotopic (exact) mass is 524 g/mol. The highest BCUT2D eigenvalue weighted by molar-refractivity contribution is 5.97. The average molecular weight is 525 g/mol. The number of anilines is 1. The number of H-pyrrole nitrogens is 2. The Labute approximate surface area is 220 Å². The van der Waals surface area contributed by atoms with Crippen molar-refractivity contribution in [2.45, 2.75) is 20.3 Å². The number of rotatable bonds is 6. The molecule has 194 valence electrons. The molecule has 0 spiro atoms. The number of nitrogens with zero attached hydrogens (tertiary/aromatic N) is 5. The van der Waals surface area contributed by atoms with E-state index in [-0.39, 0.29) is 34.2 Å². The van der Waals surface area contributed by atoms with Crippen LogP contribution in [0.15, 0.2) is 61.2 Å². The number of hydrogen-bond donors (Lipinski definition) is 3. The summed E-state index contributed by atoms with van der Waals surface area (Å²) in [6.45, 7) is 3.91. The number of halogens is 2. The van der Waals surface area contributed by atoms with Crippen LogP contribution in [0.5, 0.6) is 0 Å². The van der Waals surface area contributed by atoms with Gasteiger partial charge in [-0.05, 0) is 42.3 Å². The molecule has 11 heteroatoms. The quantitative estimate of drug-likeness (QED) is 0.250. The molecule has 1 amide bonds. The molecule has 3 N–H and O–H groups in total. The van der Waals surface area contributed by atoms with E-state index in [1.807, 2.05) is 13.8 Å². The molecule has 6 aromatic rings. The van der Waals surface area contributed by atoms with Crippen LogP contribution in [0.2, 0.25) is 0 Å². The molecule has 1 aromatic carbocycles. The van der Waals surface area contributed by atoms with Gasteiger partial charge in [-0.15, -0.1) is 0 Å². The number of imidazole rings is 1. The summed E-state index contributed by atoms with van der Waals surface area (Å²) in [4.78, 5) is 33.0. The molecule has 0 saturated heterocycles. The molecule has 6 rings (SSSR count). The molecule has 0 aliphatic carbocycles. The van der Waals surface area contributed by atoms with Crippen LogP contribution in [0.25, 0.3) is 56.0 Å². The van der Waals surface area contributed by atoms with Crippen LogP contribution in [-0.4, -0.2) is 41.0 Å². The second-order valence-corrected chi connectivity index (χ2v) is 9.54. The largest absolute Gasteiger partial charge is 0.337 e. The molecule has 0 fully saturated rings. The van der Waals surface area contributed by atoms with Crippen molar-refractivity contribution in [1.82, 2.24) is 35.1 Å². The van der Waals surface area contributed by atoms with Gasteiger partial charge >= 0.3 is 0 Å². The number of carbonyl (C=O) groups excluding carboxylic acids is 1. The third kappa shape index (κ3) is 4.58. The van der Waals surface area contributed by atoms with Crippen LogP contribution in [-0.2, 0) is 4.79 Å². The molecule has 0 aliphatic rings. The van der Waals surface area contributed by atoms with E-state index in [0.717, 1.165) is 0 Å². The number of amides is 1. The molecule has 0 bridgehead atoms. The van der Waals surface area contributed by atoms with Crippen molar-refractivity contribution < 1.29 is 13.6 Å². The Kier molecular flexibility index (Phi) is 6.02. The van der Waals surface area contributed by atoms with E-state index in [4.69, 9.17) is 0 Å². The first-order valence-electron chi connectivity index (χ1n) is 12.3. The van der Waals surface area contributed by atoms with Gasteiger partial charge in [-0.2, -0.15) is 5.10 Å². The summed E-state index contributed by atoms with van der Waals surface area (Å²) in [6.07, 6.45) is 6.38. The van der Waals surface area contributed by atoms with E-state index >= 15 is 4.39 Å². The second-order valence-electron chi connectivity index (χ2n) is 9.54. The lowest BCUT2D eigenvalue weighted by Gasteiger charge is -2.09. The normalized spacial score (nSPS) is 11.5. The molecule has 0 unspecified atom stereocenters. The number of fused-ring (bicyclic) bond motifs is 2. The molecule has 0 radical (unpaired) electrons. The maximum absolute atomic E-state index is 16.0. The molecule has 0 saturated carbocycles. The van der Waals surface area contributed by atoms with E-state index in [1.54, 1.807) is 30.5 Å². The van der Waals surface area contributed by atoms with Gasteiger partial charge in [0.15, 0.2) is 11.5 Å². The van der Waals surface area contributed by atoms with E-state index in [1.165, 1.54) is 30.7 Å². The van der Waals surface area contributed by atoms with E-state index in [0.29, 0.717) is 51.5 Å². The summed E-state index contributed by atoms with van der Waals surface area (Å²) in [7, 11) is 0. The molecule has 5 aromatic heterocycles. The number of benzene rings is 1. The lowest BCUT2D eigenvalue weighted by atomic mass is 10.1. The van der Waals surface area contributed by atoms with Crippen LogP contribution in [0.3, 0.4) is 0 Å². The van der Waals surface area contributed by atoms with Gasteiger partial charge in [-0.25, -0.2) is 18.7 Å². The zero-order valence-corrected chi connectivity index (χ0v) is 21.0. The number of nitrogens with one attached hydrogen (secondary N) is 3. The summed E-state index contributed by atoms with van der Waals surface area (Å²) in [6, 6.07) is 9.36. The highest BCUT2D eigenvalue weighted by Crippen LogP contribution is 2.34. The molecule has 5 heterocycles. The molecule has 0 atom stereocenters. The van der Waals surface area contributed by atoms with Crippen molar-refractivity contribution in [2.75, 3.05) is 5.32 Å². The number of hydrogen-bond acceptors (Lipinski definition) is 6. The fourth-order valence-electron chi connectivity index (χ4n) is 4.43. The fourth-order valence-corrected chi connectivity index (χ4v) is 4.43. The zero-order chi connectivity index (χ0) is 27.1. The SMILES string of the molecule is CC(C)CC(=O)Nc1cncc(-c2cnc3n[nH]c(-c4nc5c(-c6ccc(F)cc6)nccc5[nH]4)c3c2F)c1. The highest BCUT2D eigenvalue weighted by Gasteiger charge is 2.21. The highest BCUT2D eigenvalue weighted by atomic mass is 19.1. The smallest absolute Gasteiger partial charge is 0.224 e. The Morgan fingerprint density at radius 2 is 1.85 bits per heavy atom. The Bertz CT molecular complexity index is 1840. The first kappa shape index (κ1) is 24.3. The van der Waals surface area contributed by atoms with Crippen molar-refractivity contribution >= 4 is 33.7 Å². The lowest BCUT2D eigenvalue weighted by molar-refractivity contribution is -0.116. The number of aromatic nitrogens is 7. The number of pyridine rings is 3. The second kappa shape index (κ2) is 9.67. The predicted octanol–water partition coefficient (Wildman–Crippen LogP) is 5.89. The van der Waals surface area contributed by atoms with Gasteiger partial charge in [-0.3, -0.25) is 19.9 Å². The molecular weight excluding hydrogens is 502 g/mol. The van der Waals surface area contributed by atoms with Crippen LogP contribution >= 0.6 is 0 Å². The first-order chi connectivity index (χ1) is 18.9. The van der Waals surface area contributed by atoms with Crippen molar-refractivity contribution in [3.8, 4) is 33.9 Å². The number of aromatic amines is 2. The Morgan fingerprint density at radius 3 is 2.64 bits per heavy atom. The summed E-state index contributed by atoms with van der Waals surface area (Å²) in [5.74, 6) is -0.516. The van der Waals surface area contributed by atoms with Crippen LogP contribution in [0, 0.1) is 17.6 Å². The van der Waals surface area contributed by atoms with Gasteiger partial charge < -0.3 is 10.3 Å². The molecular formula is C28H22F2N8O. The van der Waals surface area contributed by atoms with Gasteiger partial charge in [0.1, 0.15) is 22.8 Å². The summed E-state index contributed by atoms with van der Waals surface area (Å²) in [5.41, 5.74) is 4.05. The van der Waals surface area contributed by atoms with Crippen molar-refractivity contribution in [2.24, 2.45) is 5.92 Å². The minimum Gasteiger partial charge on any atom is -0.337 e. The maximum Gasteiger partial charge on any atom is 0.224 e. The van der Waals surface area contributed by atoms with Crippen molar-refractivity contribution in [1.29, 1.82) is 0 Å². The van der Waals surface area contributed by atoms with Crippen LogP contribution in [0.1, 0.15) is 20.3 Å². The van der Waals surface area contributed by atoms with Crippen molar-refractivity contribution in [3.63, 3.8) is 0 Å². The van der Waals surface area contributed by atoms with Gasteiger partial charge in [0.2, 0.25) is 5.91 Å². The van der Waals surface area contributed by atoms with E-state index in [9.17, 15) is 9.18 Å². The number of carbonyl (C=O) groups is 1. The molecule has 39 heavy (non-hydrogen) atoms. The molecule has 0 aliphatic heterocycles. The van der Waals surface area contributed by atoms with Crippen LogP contribution < -0.4 is 5.32 Å². The van der Waals surface area contributed by atoms with Gasteiger partial charge in [0.05, 0.1) is 28.5 Å². The standard InChI is InChI=1S/C28H22F2N8O/c1-14(2)9-21(39)34-18-10-16(11-31-12-18)19-13-33-27-22(23(19)30)26(37-38-27)28-35-20-7-8-32-24(25(20)36-28)15-3-5-17(29)6-4-15/h3-8,10-14H,9H2,1-2H3,(H,34,39)(H,35,36)(H,33,37,38). The Morgan fingerprint density at radius 1 is 1.03 bits per heavy atom. The van der Waals surface area contributed by atoms with Gasteiger partial charge in [-0.1, -0.05) is 13.8 Å². The maximum atomic E-state index is 16.0. The van der Waals surface area contributed by atoms with E-state index < -0.39 is 5.82 Å². The summed E-state index contributed by atoms with van der Waals surface area (Å²) in [5, 5.41) is 9.97. The lowest BCUT2D eigenvalue weighted by Crippen LogP contribution is -2.14. The Balaban J connectivity index is 1.41. The third-order valence-electron chi connectivity index (χ3n) is 6.20. The first-order valence-corrected chi connectivity index (χ1v) is 12.3. The van der Waals surface area contributed by atoms with Gasteiger partial charge in [0, 0.05) is 41.7 Å². The van der Waals surface area contributed by atoms with E-state index in [2.05, 4.69) is 40.4 Å². The topological polar surface area (TPSA) is 125 Å². The summed E-state index contributed by atoms with van der Waals surface area (Å²) < 4.78 is 29.5. The Hall–Kier alpha value is -5.06. The fraction of sp³-hybridized carbons (Fsp3) is 0.143. The summed E-state index contributed by atoms with van der Waals surface area (Å²) >= 11 is 0. The minimum absolute atomic E-state index is 0.144. The minimum atomic E-state index is -0.562. The van der Waals surface area contributed by atoms with Crippen LogP contribution in [0.4, 0.5) is 14.5 Å². The van der Waals surface area contributed by atoms with Crippen molar-refractivity contribution in [3.05, 3.63) is 72.8 Å². The van der Waals surface area contributed by atoms with Gasteiger partial charge in [0.25, 0.3) is 0 Å². The molecule has 9 nitrogen and oxygen atoms in total. The average Bonchev–Trinajstić information content (AvgIpc) is 3.54. The predicted molar refractivity (Wildman–Crippen MR) is 143 cm³/mol. The third-order valence-corrected chi connectivity index (χ3v) is 6.20. The zero-order valence-electron chi connectivity index (χ0n) is 21.0.